The molecule has 0 saturated heterocycles. The maximum atomic E-state index is 12.8. The molecule has 4 aromatic rings. The summed E-state index contributed by atoms with van der Waals surface area (Å²) >= 11 is 5.33. The standard InChI is InChI=1S/C20H20N8OS/c1-12-4-7-15(8-5-12)19-23-24-20(30)27(19)11-18(29)21-16-9-6-13(2)17(10-16)28-14(3)22-25-26-28/h4-10H,11H2,1-3H3,(H,21,29)(H,24,30). The summed E-state index contributed by atoms with van der Waals surface area (Å²) in [6.07, 6.45) is 0. The summed E-state index contributed by atoms with van der Waals surface area (Å²) in [4.78, 5) is 12.8. The minimum absolute atomic E-state index is 0.0334. The Morgan fingerprint density at radius 2 is 1.90 bits per heavy atom. The highest BCUT2D eigenvalue weighted by atomic mass is 32.1. The van der Waals surface area contributed by atoms with Gasteiger partial charge in [0.25, 0.3) is 0 Å². The van der Waals surface area contributed by atoms with Crippen LogP contribution < -0.4 is 5.32 Å². The molecule has 0 radical (unpaired) electrons. The smallest absolute Gasteiger partial charge is 0.244 e. The highest BCUT2D eigenvalue weighted by Gasteiger charge is 2.14. The summed E-state index contributed by atoms with van der Waals surface area (Å²) in [5, 5.41) is 21.6. The molecule has 1 amide bonds. The summed E-state index contributed by atoms with van der Waals surface area (Å²) < 4.78 is 3.69. The van der Waals surface area contributed by atoms with E-state index < -0.39 is 0 Å². The largest absolute Gasteiger partial charge is 0.324 e. The Labute approximate surface area is 177 Å². The Kier molecular flexibility index (Phi) is 5.23. The lowest BCUT2D eigenvalue weighted by atomic mass is 10.1. The quantitative estimate of drug-likeness (QED) is 0.481. The first-order chi connectivity index (χ1) is 14.4. The van der Waals surface area contributed by atoms with Gasteiger partial charge in [-0.3, -0.25) is 14.5 Å². The van der Waals surface area contributed by atoms with E-state index in [-0.39, 0.29) is 12.5 Å². The summed E-state index contributed by atoms with van der Waals surface area (Å²) in [6, 6.07) is 13.5. The first-order valence-electron chi connectivity index (χ1n) is 9.30. The molecule has 0 fully saturated rings. The molecule has 2 aromatic carbocycles. The zero-order chi connectivity index (χ0) is 21.3. The number of benzene rings is 2. The van der Waals surface area contributed by atoms with Crippen LogP contribution in [0.3, 0.4) is 0 Å². The van der Waals surface area contributed by atoms with Crippen LogP contribution in [0.2, 0.25) is 0 Å². The summed E-state index contributed by atoms with van der Waals surface area (Å²) in [5.74, 6) is 1.06. The molecule has 0 unspecified atom stereocenters. The predicted octanol–water partition coefficient (Wildman–Crippen LogP) is 3.15. The molecule has 10 heteroatoms. The molecule has 2 N–H and O–H groups in total. The molecule has 0 saturated carbocycles. The Balaban J connectivity index is 1.57. The van der Waals surface area contributed by atoms with Gasteiger partial charge in [-0.25, -0.2) is 0 Å². The lowest BCUT2D eigenvalue weighted by molar-refractivity contribution is -0.116. The molecule has 9 nitrogen and oxygen atoms in total. The minimum atomic E-state index is -0.218. The Hall–Kier alpha value is -3.66. The van der Waals surface area contributed by atoms with Gasteiger partial charge in [0.15, 0.2) is 16.4 Å². The Bertz CT molecular complexity index is 1270. The maximum Gasteiger partial charge on any atom is 0.244 e. The van der Waals surface area contributed by atoms with E-state index in [0.29, 0.717) is 22.1 Å². The normalized spacial score (nSPS) is 10.9. The van der Waals surface area contributed by atoms with Crippen LogP contribution in [0.15, 0.2) is 42.5 Å². The topological polar surface area (TPSA) is 106 Å². The molecule has 2 heterocycles. The van der Waals surface area contributed by atoms with Crippen LogP contribution in [0.5, 0.6) is 0 Å². The van der Waals surface area contributed by atoms with Crippen LogP contribution >= 0.6 is 12.2 Å². The van der Waals surface area contributed by atoms with Crippen LogP contribution in [-0.4, -0.2) is 40.9 Å². The lowest BCUT2D eigenvalue weighted by Crippen LogP contribution is -2.19. The molecular formula is C20H20N8OS. The number of amides is 1. The molecule has 30 heavy (non-hydrogen) atoms. The number of aromatic amines is 1. The van der Waals surface area contributed by atoms with Gasteiger partial charge in [0.05, 0.1) is 5.69 Å². The van der Waals surface area contributed by atoms with E-state index in [1.54, 1.807) is 9.25 Å². The fourth-order valence-electron chi connectivity index (χ4n) is 3.10. The van der Waals surface area contributed by atoms with Crippen molar-refractivity contribution in [2.45, 2.75) is 27.3 Å². The average molecular weight is 421 g/mol. The van der Waals surface area contributed by atoms with Crippen molar-refractivity contribution in [3.8, 4) is 17.1 Å². The number of tetrazole rings is 1. The van der Waals surface area contributed by atoms with E-state index in [4.69, 9.17) is 12.2 Å². The third kappa shape index (κ3) is 3.90. The third-order valence-corrected chi connectivity index (χ3v) is 5.03. The van der Waals surface area contributed by atoms with Crippen molar-refractivity contribution < 1.29 is 4.79 Å². The number of hydrogen-bond acceptors (Lipinski definition) is 6. The van der Waals surface area contributed by atoms with Crippen molar-refractivity contribution in [1.82, 2.24) is 35.0 Å². The van der Waals surface area contributed by atoms with Crippen LogP contribution in [0.1, 0.15) is 17.0 Å². The van der Waals surface area contributed by atoms with Gasteiger partial charge >= 0.3 is 0 Å². The van der Waals surface area contributed by atoms with Crippen LogP contribution in [-0.2, 0) is 11.3 Å². The molecule has 152 valence electrons. The van der Waals surface area contributed by atoms with Crippen molar-refractivity contribution in [1.29, 1.82) is 0 Å². The van der Waals surface area contributed by atoms with E-state index in [2.05, 4.69) is 31.0 Å². The molecule has 0 aliphatic heterocycles. The van der Waals surface area contributed by atoms with E-state index >= 15 is 0 Å². The Morgan fingerprint density at radius 1 is 1.13 bits per heavy atom. The highest BCUT2D eigenvalue weighted by Crippen LogP contribution is 2.21. The number of anilines is 1. The molecule has 0 atom stereocenters. The highest BCUT2D eigenvalue weighted by molar-refractivity contribution is 7.71. The van der Waals surface area contributed by atoms with E-state index in [1.807, 2.05) is 63.2 Å². The van der Waals surface area contributed by atoms with E-state index in [0.717, 1.165) is 22.4 Å². The summed E-state index contributed by atoms with van der Waals surface area (Å²) in [5.41, 5.74) is 4.46. The molecule has 0 aliphatic rings. The zero-order valence-corrected chi connectivity index (χ0v) is 17.6. The van der Waals surface area contributed by atoms with Crippen molar-refractivity contribution in [2.75, 3.05) is 5.32 Å². The van der Waals surface area contributed by atoms with E-state index in [1.165, 1.54) is 0 Å². The molecule has 2 aromatic heterocycles. The number of nitrogens with zero attached hydrogens (tertiary/aromatic N) is 6. The molecule has 0 aliphatic carbocycles. The van der Waals surface area contributed by atoms with Gasteiger partial charge in [-0.15, -0.1) is 5.10 Å². The second-order valence-electron chi connectivity index (χ2n) is 6.99. The number of carbonyl (C=O) groups is 1. The van der Waals surface area contributed by atoms with Gasteiger partial charge < -0.3 is 5.32 Å². The molecular weight excluding hydrogens is 400 g/mol. The molecule has 0 spiro atoms. The lowest BCUT2D eigenvalue weighted by Gasteiger charge is -2.11. The monoisotopic (exact) mass is 420 g/mol. The SMILES string of the molecule is Cc1ccc(-c2n[nH]c(=S)n2CC(=O)Nc2ccc(C)c(-n3nnnc3C)c2)cc1. The van der Waals surface area contributed by atoms with Gasteiger partial charge in [0.2, 0.25) is 5.91 Å². The summed E-state index contributed by atoms with van der Waals surface area (Å²) in [7, 11) is 0. The third-order valence-electron chi connectivity index (χ3n) is 4.72. The number of hydrogen-bond donors (Lipinski definition) is 2. The van der Waals surface area contributed by atoms with Crippen molar-refractivity contribution in [3.63, 3.8) is 0 Å². The van der Waals surface area contributed by atoms with Crippen molar-refractivity contribution in [3.05, 3.63) is 64.2 Å². The van der Waals surface area contributed by atoms with Crippen LogP contribution in [0.4, 0.5) is 5.69 Å². The van der Waals surface area contributed by atoms with Crippen molar-refractivity contribution in [2.24, 2.45) is 0 Å². The van der Waals surface area contributed by atoms with Crippen LogP contribution in [0.25, 0.3) is 17.1 Å². The first-order valence-corrected chi connectivity index (χ1v) is 9.71. The van der Waals surface area contributed by atoms with Gasteiger partial charge in [-0.2, -0.15) is 9.78 Å². The van der Waals surface area contributed by atoms with Gasteiger partial charge in [-0.05, 0) is 61.1 Å². The number of aromatic nitrogens is 7. The fraction of sp³-hybridized carbons (Fsp3) is 0.200. The average Bonchev–Trinajstić information content (AvgIpc) is 3.30. The molecule has 4 rings (SSSR count). The number of aryl methyl sites for hydroxylation is 3. The number of carbonyl (C=O) groups excluding carboxylic acids is 1. The van der Waals surface area contributed by atoms with E-state index in [9.17, 15) is 4.79 Å². The second kappa shape index (κ2) is 7.99. The Morgan fingerprint density at radius 3 is 2.60 bits per heavy atom. The predicted molar refractivity (Wildman–Crippen MR) is 115 cm³/mol. The molecule has 0 bridgehead atoms. The summed E-state index contributed by atoms with van der Waals surface area (Å²) in [6.45, 7) is 5.82. The zero-order valence-electron chi connectivity index (χ0n) is 16.7. The van der Waals surface area contributed by atoms with Gasteiger partial charge in [-0.1, -0.05) is 35.9 Å². The number of rotatable bonds is 5. The number of H-pyrrole nitrogens is 1. The van der Waals surface area contributed by atoms with Crippen molar-refractivity contribution >= 4 is 23.8 Å². The minimum Gasteiger partial charge on any atom is -0.324 e. The number of nitrogens with one attached hydrogen (secondary N) is 2. The maximum absolute atomic E-state index is 12.8. The van der Waals surface area contributed by atoms with Gasteiger partial charge in [0.1, 0.15) is 6.54 Å². The first kappa shape index (κ1) is 19.6. The van der Waals surface area contributed by atoms with Gasteiger partial charge in [0, 0.05) is 11.3 Å². The second-order valence-corrected chi connectivity index (χ2v) is 7.38. The fourth-order valence-corrected chi connectivity index (χ4v) is 3.30. The van der Waals surface area contributed by atoms with Crippen LogP contribution in [0, 0.1) is 25.5 Å².